The molecule has 0 aliphatic heterocycles. The van der Waals surface area contributed by atoms with Crippen molar-refractivity contribution in [3.63, 3.8) is 0 Å². The van der Waals surface area contributed by atoms with Crippen molar-refractivity contribution in [3.8, 4) is 0 Å². The maximum Gasteiger partial charge on any atom is 0.188 e. The van der Waals surface area contributed by atoms with Crippen LogP contribution in [0.25, 0.3) is 0 Å². The highest BCUT2D eigenvalue weighted by Crippen LogP contribution is 2.15. The molecular weight excluding hydrogens is 366 g/mol. The fourth-order valence-corrected chi connectivity index (χ4v) is 1.79. The predicted molar refractivity (Wildman–Crippen MR) is 96.7 cm³/mol. The Morgan fingerprint density at radius 2 is 0.955 bits per heavy atom. The number of rotatable bonds is 5. The zero-order chi connectivity index (χ0) is 15.9. The van der Waals surface area contributed by atoms with E-state index in [-0.39, 0.29) is 10.3 Å². The van der Waals surface area contributed by atoms with Crippen LogP contribution >= 0.6 is 46.4 Å². The van der Waals surface area contributed by atoms with E-state index >= 15 is 0 Å². The van der Waals surface area contributed by atoms with E-state index in [1.54, 1.807) is 48.5 Å². The van der Waals surface area contributed by atoms with Crippen LogP contribution < -0.4 is 10.9 Å². The second-order valence-corrected chi connectivity index (χ2v) is 5.63. The number of benzene rings is 2. The maximum atomic E-state index is 5.94. The first kappa shape index (κ1) is 16.9. The highest BCUT2D eigenvalue weighted by molar-refractivity contribution is 7.00. The summed E-state index contributed by atoms with van der Waals surface area (Å²) in [6.45, 7) is 0. The van der Waals surface area contributed by atoms with Crippen LogP contribution in [0.4, 0.5) is 11.4 Å². The monoisotopic (exact) mass is 374 g/mol. The molecular formula is C14H10Cl4N4. The van der Waals surface area contributed by atoms with E-state index in [4.69, 9.17) is 46.4 Å². The molecule has 2 N–H and O–H groups in total. The van der Waals surface area contributed by atoms with Crippen LogP contribution in [0.5, 0.6) is 0 Å². The molecule has 0 fully saturated rings. The van der Waals surface area contributed by atoms with E-state index in [0.29, 0.717) is 10.0 Å². The van der Waals surface area contributed by atoms with Gasteiger partial charge in [-0.25, -0.2) is 0 Å². The summed E-state index contributed by atoms with van der Waals surface area (Å²) in [6.07, 6.45) is 0. The molecule has 0 unspecified atom stereocenters. The van der Waals surface area contributed by atoms with Gasteiger partial charge in [0.1, 0.15) is 0 Å². The maximum absolute atomic E-state index is 5.94. The number of hydrazone groups is 2. The lowest BCUT2D eigenvalue weighted by Gasteiger charge is -2.02. The predicted octanol–water partition coefficient (Wildman–Crippen LogP) is 5.62. The van der Waals surface area contributed by atoms with Gasteiger partial charge in [-0.3, -0.25) is 10.9 Å². The Kier molecular flexibility index (Phi) is 6.34. The largest absolute Gasteiger partial charge is 0.277 e. The summed E-state index contributed by atoms with van der Waals surface area (Å²) in [4.78, 5) is 0. The lowest BCUT2D eigenvalue weighted by molar-refractivity contribution is 1.34. The summed E-state index contributed by atoms with van der Waals surface area (Å²) in [5.41, 5.74) is 6.93. The zero-order valence-corrected chi connectivity index (χ0v) is 14.0. The normalized spacial score (nSPS) is 12.2. The lowest BCUT2D eigenvalue weighted by atomic mass is 10.3. The van der Waals surface area contributed by atoms with E-state index < -0.39 is 0 Å². The summed E-state index contributed by atoms with van der Waals surface area (Å²) >= 11 is 23.5. The molecule has 2 aromatic rings. The quantitative estimate of drug-likeness (QED) is 0.526. The summed E-state index contributed by atoms with van der Waals surface area (Å²) in [6, 6.07) is 13.9. The van der Waals surface area contributed by atoms with Gasteiger partial charge in [0.25, 0.3) is 0 Å². The van der Waals surface area contributed by atoms with Crippen LogP contribution in [0.1, 0.15) is 0 Å². The van der Waals surface area contributed by atoms with Crippen LogP contribution in [0.2, 0.25) is 10.0 Å². The number of nitrogens with one attached hydrogen (secondary N) is 2. The number of hydrogen-bond acceptors (Lipinski definition) is 4. The fourth-order valence-electron chi connectivity index (χ4n) is 1.37. The van der Waals surface area contributed by atoms with E-state index in [9.17, 15) is 0 Å². The molecule has 114 valence electrons. The molecule has 4 nitrogen and oxygen atoms in total. The van der Waals surface area contributed by atoms with Gasteiger partial charge in [-0.05, 0) is 48.5 Å². The summed E-state index contributed by atoms with van der Waals surface area (Å²) in [5, 5.41) is 9.12. The Bertz CT molecular complexity index is 619. The summed E-state index contributed by atoms with van der Waals surface area (Å²) in [5.74, 6) is 0. The molecule has 22 heavy (non-hydrogen) atoms. The molecule has 0 atom stereocenters. The Morgan fingerprint density at radius 3 is 1.27 bits per heavy atom. The van der Waals surface area contributed by atoms with E-state index in [2.05, 4.69) is 21.1 Å². The van der Waals surface area contributed by atoms with Gasteiger partial charge in [0.15, 0.2) is 10.3 Å². The van der Waals surface area contributed by atoms with Gasteiger partial charge in [0.05, 0.1) is 11.4 Å². The van der Waals surface area contributed by atoms with Crippen molar-refractivity contribution in [2.24, 2.45) is 10.2 Å². The third-order valence-electron chi connectivity index (χ3n) is 2.42. The first-order valence-electron chi connectivity index (χ1n) is 6.04. The van der Waals surface area contributed by atoms with Gasteiger partial charge in [0.2, 0.25) is 0 Å². The second kappa shape index (κ2) is 8.25. The van der Waals surface area contributed by atoms with Crippen molar-refractivity contribution in [1.29, 1.82) is 0 Å². The molecule has 8 heteroatoms. The SMILES string of the molecule is ClC(=N/Nc1ccc(Cl)cc1)/C(Cl)=N\Nc1ccc(Cl)cc1. The second-order valence-electron chi connectivity index (χ2n) is 4.04. The molecule has 2 aromatic carbocycles. The Hall–Kier alpha value is -1.46. The molecule has 0 spiro atoms. The molecule has 0 radical (unpaired) electrons. The Morgan fingerprint density at radius 1 is 0.636 bits per heavy atom. The average Bonchev–Trinajstić information content (AvgIpc) is 2.53. The minimum atomic E-state index is 0.0121. The van der Waals surface area contributed by atoms with Crippen LogP contribution in [0.3, 0.4) is 0 Å². The van der Waals surface area contributed by atoms with Gasteiger partial charge in [0, 0.05) is 10.0 Å². The number of halogens is 4. The molecule has 2 rings (SSSR count). The highest BCUT2D eigenvalue weighted by Gasteiger charge is 2.03. The molecule has 0 saturated heterocycles. The summed E-state index contributed by atoms with van der Waals surface area (Å²) in [7, 11) is 0. The van der Waals surface area contributed by atoms with E-state index in [1.165, 1.54) is 0 Å². The minimum Gasteiger partial charge on any atom is -0.277 e. The van der Waals surface area contributed by atoms with Crippen molar-refractivity contribution in [2.45, 2.75) is 0 Å². The molecule has 0 bridgehead atoms. The number of anilines is 2. The van der Waals surface area contributed by atoms with Gasteiger partial charge in [-0.1, -0.05) is 46.4 Å². The van der Waals surface area contributed by atoms with Crippen molar-refractivity contribution in [2.75, 3.05) is 10.9 Å². The van der Waals surface area contributed by atoms with Crippen molar-refractivity contribution >= 4 is 68.1 Å². The summed E-state index contributed by atoms with van der Waals surface area (Å²) < 4.78 is 0. The first-order chi connectivity index (χ1) is 10.5. The molecule has 0 aromatic heterocycles. The number of hydrogen-bond donors (Lipinski definition) is 2. The third-order valence-corrected chi connectivity index (χ3v) is 3.55. The van der Waals surface area contributed by atoms with Gasteiger partial charge in [-0.15, -0.1) is 0 Å². The average molecular weight is 376 g/mol. The van der Waals surface area contributed by atoms with Crippen LogP contribution in [-0.2, 0) is 0 Å². The van der Waals surface area contributed by atoms with Crippen molar-refractivity contribution < 1.29 is 0 Å². The van der Waals surface area contributed by atoms with Gasteiger partial charge >= 0.3 is 0 Å². The van der Waals surface area contributed by atoms with E-state index in [1.807, 2.05) is 0 Å². The fraction of sp³-hybridized carbons (Fsp3) is 0. The first-order valence-corrected chi connectivity index (χ1v) is 7.55. The minimum absolute atomic E-state index is 0.0121. The molecule has 0 aliphatic carbocycles. The van der Waals surface area contributed by atoms with Crippen LogP contribution in [0, 0.1) is 0 Å². The number of nitrogens with zero attached hydrogens (tertiary/aromatic N) is 2. The van der Waals surface area contributed by atoms with Crippen LogP contribution in [-0.4, -0.2) is 10.3 Å². The topological polar surface area (TPSA) is 48.8 Å². The lowest BCUT2D eigenvalue weighted by Crippen LogP contribution is -2.05. The molecule has 0 amide bonds. The smallest absolute Gasteiger partial charge is 0.188 e. The Balaban J connectivity index is 1.96. The standard InChI is InChI=1S/C14H10Cl4N4/c15-9-1-5-11(6-2-9)19-21-13(17)14(18)22-20-12-7-3-10(16)4-8-12/h1-8,19-20H/b21-13+,22-14+. The van der Waals surface area contributed by atoms with Crippen molar-refractivity contribution in [1.82, 2.24) is 0 Å². The highest BCUT2D eigenvalue weighted by atomic mass is 35.5. The van der Waals surface area contributed by atoms with Gasteiger partial charge < -0.3 is 0 Å². The zero-order valence-electron chi connectivity index (χ0n) is 11.0. The van der Waals surface area contributed by atoms with Gasteiger partial charge in [-0.2, -0.15) is 10.2 Å². The van der Waals surface area contributed by atoms with Crippen molar-refractivity contribution in [3.05, 3.63) is 58.6 Å². The van der Waals surface area contributed by atoms with Crippen LogP contribution in [0.15, 0.2) is 58.7 Å². The third kappa shape index (κ3) is 5.39. The van der Waals surface area contributed by atoms with E-state index in [0.717, 1.165) is 11.4 Å². The molecule has 0 heterocycles. The Labute approximate surface area is 147 Å². The molecule has 0 saturated carbocycles. The molecule has 0 aliphatic rings.